The molecule has 2 amide bonds. The van der Waals surface area contributed by atoms with Gasteiger partial charge in [-0.05, 0) is 25.1 Å². The number of hydrogen-bond donors (Lipinski definition) is 3. The SMILES string of the molecule is CC(=O)Nc1ccc(F)c(NC(=O)C2(C)COCC2N)c1. The molecule has 0 saturated carbocycles. The highest BCUT2D eigenvalue weighted by Gasteiger charge is 2.44. The second-order valence-electron chi connectivity index (χ2n) is 5.37. The topological polar surface area (TPSA) is 93.5 Å². The van der Waals surface area contributed by atoms with Crippen LogP contribution >= 0.6 is 0 Å². The molecule has 4 N–H and O–H groups in total. The van der Waals surface area contributed by atoms with E-state index in [-0.39, 0.29) is 18.2 Å². The first-order valence-corrected chi connectivity index (χ1v) is 6.55. The minimum Gasteiger partial charge on any atom is -0.379 e. The Labute approximate surface area is 121 Å². The molecule has 114 valence electrons. The van der Waals surface area contributed by atoms with Crippen molar-refractivity contribution in [3.05, 3.63) is 24.0 Å². The molecule has 7 heteroatoms. The number of nitrogens with two attached hydrogens (primary N) is 1. The minimum atomic E-state index is -0.906. The molecule has 1 aliphatic heterocycles. The molecule has 1 fully saturated rings. The number of benzene rings is 1. The molecule has 0 radical (unpaired) electrons. The van der Waals surface area contributed by atoms with Gasteiger partial charge in [0.2, 0.25) is 11.8 Å². The van der Waals surface area contributed by atoms with Crippen LogP contribution in [0.5, 0.6) is 0 Å². The van der Waals surface area contributed by atoms with Crippen LogP contribution in [0.25, 0.3) is 0 Å². The minimum absolute atomic E-state index is 0.00780. The van der Waals surface area contributed by atoms with Crippen molar-refractivity contribution >= 4 is 23.2 Å². The van der Waals surface area contributed by atoms with Crippen molar-refractivity contribution in [2.75, 3.05) is 23.8 Å². The number of anilines is 2. The Morgan fingerprint density at radius 3 is 2.71 bits per heavy atom. The quantitative estimate of drug-likeness (QED) is 0.778. The number of rotatable bonds is 3. The molecule has 0 bridgehead atoms. The fourth-order valence-electron chi connectivity index (χ4n) is 2.09. The smallest absolute Gasteiger partial charge is 0.234 e. The maximum Gasteiger partial charge on any atom is 0.234 e. The van der Waals surface area contributed by atoms with E-state index in [0.717, 1.165) is 0 Å². The van der Waals surface area contributed by atoms with Crippen LogP contribution in [0.2, 0.25) is 0 Å². The van der Waals surface area contributed by atoms with Gasteiger partial charge in [0.15, 0.2) is 0 Å². The maximum absolute atomic E-state index is 13.8. The molecule has 0 aliphatic carbocycles. The van der Waals surface area contributed by atoms with Crippen molar-refractivity contribution in [1.29, 1.82) is 0 Å². The third kappa shape index (κ3) is 3.20. The van der Waals surface area contributed by atoms with E-state index in [9.17, 15) is 14.0 Å². The van der Waals surface area contributed by atoms with Crippen LogP contribution < -0.4 is 16.4 Å². The lowest BCUT2D eigenvalue weighted by atomic mass is 9.85. The number of carbonyl (C=O) groups excluding carboxylic acids is 2. The van der Waals surface area contributed by atoms with Gasteiger partial charge in [-0.2, -0.15) is 0 Å². The Balaban J connectivity index is 2.18. The molecule has 0 spiro atoms. The van der Waals surface area contributed by atoms with Gasteiger partial charge in [0.05, 0.1) is 24.3 Å². The Kier molecular flexibility index (Phi) is 4.24. The van der Waals surface area contributed by atoms with E-state index in [1.807, 2.05) is 0 Å². The van der Waals surface area contributed by atoms with E-state index in [1.54, 1.807) is 6.92 Å². The first-order valence-electron chi connectivity index (χ1n) is 6.55. The fourth-order valence-corrected chi connectivity index (χ4v) is 2.09. The number of nitrogens with one attached hydrogen (secondary N) is 2. The summed E-state index contributed by atoms with van der Waals surface area (Å²) in [5.41, 5.74) is 5.35. The van der Waals surface area contributed by atoms with E-state index in [4.69, 9.17) is 10.5 Å². The summed E-state index contributed by atoms with van der Waals surface area (Å²) in [6.07, 6.45) is 0. The second kappa shape index (κ2) is 5.79. The predicted octanol–water partition coefficient (Wildman–Crippen LogP) is 1.09. The fraction of sp³-hybridized carbons (Fsp3) is 0.429. The van der Waals surface area contributed by atoms with Crippen molar-refractivity contribution in [1.82, 2.24) is 0 Å². The van der Waals surface area contributed by atoms with Gasteiger partial charge in [0.1, 0.15) is 5.82 Å². The van der Waals surface area contributed by atoms with E-state index >= 15 is 0 Å². The average Bonchev–Trinajstić information content (AvgIpc) is 2.74. The monoisotopic (exact) mass is 295 g/mol. The van der Waals surface area contributed by atoms with Gasteiger partial charge < -0.3 is 21.1 Å². The van der Waals surface area contributed by atoms with Gasteiger partial charge in [-0.15, -0.1) is 0 Å². The van der Waals surface area contributed by atoms with Crippen LogP contribution in [-0.4, -0.2) is 31.1 Å². The van der Waals surface area contributed by atoms with Gasteiger partial charge in [-0.3, -0.25) is 9.59 Å². The normalized spacial score (nSPS) is 24.7. The molecule has 1 saturated heterocycles. The zero-order valence-corrected chi connectivity index (χ0v) is 11.9. The van der Waals surface area contributed by atoms with Crippen LogP contribution in [0, 0.1) is 11.2 Å². The average molecular weight is 295 g/mol. The van der Waals surface area contributed by atoms with Gasteiger partial charge in [-0.1, -0.05) is 0 Å². The van der Waals surface area contributed by atoms with Crippen molar-refractivity contribution in [2.24, 2.45) is 11.1 Å². The lowest BCUT2D eigenvalue weighted by molar-refractivity contribution is -0.125. The Hall–Kier alpha value is -1.99. The third-order valence-electron chi connectivity index (χ3n) is 3.57. The second-order valence-corrected chi connectivity index (χ2v) is 5.37. The highest BCUT2D eigenvalue weighted by atomic mass is 19.1. The zero-order valence-electron chi connectivity index (χ0n) is 11.9. The Morgan fingerprint density at radius 1 is 1.43 bits per heavy atom. The van der Waals surface area contributed by atoms with E-state index < -0.39 is 23.2 Å². The summed E-state index contributed by atoms with van der Waals surface area (Å²) < 4.78 is 19.0. The number of carbonyl (C=O) groups is 2. The molecular formula is C14H18FN3O3. The largest absolute Gasteiger partial charge is 0.379 e. The Morgan fingerprint density at radius 2 is 2.14 bits per heavy atom. The molecule has 2 rings (SSSR count). The highest BCUT2D eigenvalue weighted by Crippen LogP contribution is 2.30. The molecule has 0 aromatic heterocycles. The molecule has 1 aliphatic rings. The molecule has 6 nitrogen and oxygen atoms in total. The Bertz CT molecular complexity index is 579. The van der Waals surface area contributed by atoms with Crippen molar-refractivity contribution in [3.63, 3.8) is 0 Å². The number of amides is 2. The molecule has 1 aromatic carbocycles. The number of ether oxygens (including phenoxy) is 1. The van der Waals surface area contributed by atoms with E-state index in [1.165, 1.54) is 25.1 Å². The third-order valence-corrected chi connectivity index (χ3v) is 3.57. The molecule has 1 aromatic rings. The lowest BCUT2D eigenvalue weighted by Gasteiger charge is -2.25. The van der Waals surface area contributed by atoms with Crippen molar-refractivity contribution < 1.29 is 18.7 Å². The summed E-state index contributed by atoms with van der Waals surface area (Å²) in [7, 11) is 0. The first-order chi connectivity index (χ1) is 9.83. The van der Waals surface area contributed by atoms with Gasteiger partial charge >= 0.3 is 0 Å². The summed E-state index contributed by atoms with van der Waals surface area (Å²) in [4.78, 5) is 23.3. The molecule has 1 heterocycles. The summed E-state index contributed by atoms with van der Waals surface area (Å²) >= 11 is 0. The summed E-state index contributed by atoms with van der Waals surface area (Å²) in [6, 6.07) is 3.51. The van der Waals surface area contributed by atoms with Gasteiger partial charge in [0, 0.05) is 18.7 Å². The highest BCUT2D eigenvalue weighted by molar-refractivity contribution is 5.97. The van der Waals surface area contributed by atoms with Crippen LogP contribution in [0.15, 0.2) is 18.2 Å². The van der Waals surface area contributed by atoms with Gasteiger partial charge in [-0.25, -0.2) is 4.39 Å². The van der Waals surface area contributed by atoms with Crippen molar-refractivity contribution in [2.45, 2.75) is 19.9 Å². The molecule has 21 heavy (non-hydrogen) atoms. The van der Waals surface area contributed by atoms with Crippen LogP contribution in [0.1, 0.15) is 13.8 Å². The van der Waals surface area contributed by atoms with Crippen LogP contribution in [0.3, 0.4) is 0 Å². The first kappa shape index (κ1) is 15.4. The predicted molar refractivity (Wildman–Crippen MR) is 76.2 cm³/mol. The summed E-state index contributed by atoms with van der Waals surface area (Å²) in [6.45, 7) is 3.50. The van der Waals surface area contributed by atoms with Crippen LogP contribution in [-0.2, 0) is 14.3 Å². The number of halogens is 1. The van der Waals surface area contributed by atoms with Crippen molar-refractivity contribution in [3.8, 4) is 0 Å². The van der Waals surface area contributed by atoms with E-state index in [0.29, 0.717) is 12.3 Å². The summed E-state index contributed by atoms with van der Waals surface area (Å²) in [5, 5.41) is 5.04. The zero-order chi connectivity index (χ0) is 15.6. The molecule has 2 atom stereocenters. The van der Waals surface area contributed by atoms with E-state index in [2.05, 4.69) is 10.6 Å². The van der Waals surface area contributed by atoms with Gasteiger partial charge in [0.25, 0.3) is 0 Å². The van der Waals surface area contributed by atoms with Crippen LogP contribution in [0.4, 0.5) is 15.8 Å². The molecular weight excluding hydrogens is 277 g/mol. The molecule has 2 unspecified atom stereocenters. The standard InChI is InChI=1S/C14H18FN3O3/c1-8(19)17-9-3-4-10(15)11(5-9)18-13(20)14(2)7-21-6-12(14)16/h3-5,12H,6-7,16H2,1-2H3,(H,17,19)(H,18,20). The lowest BCUT2D eigenvalue weighted by Crippen LogP contribution is -2.47. The number of hydrogen-bond acceptors (Lipinski definition) is 4. The summed E-state index contributed by atoms with van der Waals surface area (Å²) in [5.74, 6) is -1.28. The maximum atomic E-state index is 13.8.